The predicted molar refractivity (Wildman–Crippen MR) is 117 cm³/mol. The van der Waals surface area contributed by atoms with E-state index >= 15 is 0 Å². The number of aliphatic carboxylic acids is 1. The molecule has 3 aromatic carbocycles. The quantitative estimate of drug-likeness (QED) is 0.475. The van der Waals surface area contributed by atoms with Crippen molar-refractivity contribution in [3.8, 4) is 11.1 Å². The monoisotopic (exact) mass is 483 g/mol. The van der Waals surface area contributed by atoms with E-state index in [0.29, 0.717) is 0 Å². The lowest BCUT2D eigenvalue weighted by Gasteiger charge is -2.20. The van der Waals surface area contributed by atoms with Crippen molar-refractivity contribution in [2.45, 2.75) is 18.4 Å². The largest absolute Gasteiger partial charge is 0.481 e. The standard InChI is InChI=1S/C24H19BrFNO4/c25-20-11-5-10-18(23(20)26)21(12-22(28)29)27-24(30)31-13-19-16-8-3-1-6-14(16)15-7-2-4-9-17(15)19/h1-11,19,21H,12-13H2,(H,27,30)(H,28,29)/t21-/m0/s1. The van der Waals surface area contributed by atoms with E-state index in [-0.39, 0.29) is 22.6 Å². The second-order valence-electron chi connectivity index (χ2n) is 7.26. The van der Waals surface area contributed by atoms with E-state index in [1.807, 2.05) is 48.5 Å². The minimum Gasteiger partial charge on any atom is -0.481 e. The van der Waals surface area contributed by atoms with Crippen molar-refractivity contribution in [3.63, 3.8) is 0 Å². The molecule has 0 fully saturated rings. The third-order valence-electron chi connectivity index (χ3n) is 5.37. The molecule has 0 radical (unpaired) electrons. The number of alkyl carbamates (subject to hydrolysis) is 1. The number of ether oxygens (including phenoxy) is 1. The number of fused-ring (bicyclic) bond motifs is 3. The SMILES string of the molecule is O=C(O)C[C@H](NC(=O)OCC1c2ccccc2-c2ccccc21)c1cccc(Br)c1F. The molecule has 158 valence electrons. The van der Waals surface area contributed by atoms with Gasteiger partial charge < -0.3 is 15.2 Å². The molecule has 1 atom stereocenters. The van der Waals surface area contributed by atoms with Crippen LogP contribution in [0.4, 0.5) is 9.18 Å². The van der Waals surface area contributed by atoms with Crippen LogP contribution in [0, 0.1) is 5.82 Å². The first kappa shape index (κ1) is 21.1. The van der Waals surface area contributed by atoms with Crippen molar-refractivity contribution < 1.29 is 23.8 Å². The molecule has 0 aromatic heterocycles. The van der Waals surface area contributed by atoms with Gasteiger partial charge in [0.05, 0.1) is 16.9 Å². The molecule has 0 bridgehead atoms. The van der Waals surface area contributed by atoms with Gasteiger partial charge in [-0.15, -0.1) is 0 Å². The highest BCUT2D eigenvalue weighted by Gasteiger charge is 2.30. The Bertz CT molecular complexity index is 1100. The molecule has 4 rings (SSSR count). The summed E-state index contributed by atoms with van der Waals surface area (Å²) in [4.78, 5) is 23.8. The molecular formula is C24H19BrFNO4. The number of hydrogen-bond acceptors (Lipinski definition) is 3. The molecule has 31 heavy (non-hydrogen) atoms. The lowest BCUT2D eigenvalue weighted by Crippen LogP contribution is -2.32. The molecule has 0 spiro atoms. The molecule has 1 aliphatic rings. The predicted octanol–water partition coefficient (Wildman–Crippen LogP) is 5.64. The first-order valence-electron chi connectivity index (χ1n) is 9.73. The number of halogens is 2. The van der Waals surface area contributed by atoms with Gasteiger partial charge in [0.15, 0.2) is 0 Å². The van der Waals surface area contributed by atoms with Crippen molar-refractivity contribution in [2.24, 2.45) is 0 Å². The van der Waals surface area contributed by atoms with Crippen LogP contribution in [0.25, 0.3) is 11.1 Å². The maximum atomic E-state index is 14.5. The Balaban J connectivity index is 1.50. The second kappa shape index (κ2) is 8.89. The fourth-order valence-electron chi connectivity index (χ4n) is 3.99. The summed E-state index contributed by atoms with van der Waals surface area (Å²) in [5, 5.41) is 11.7. The van der Waals surface area contributed by atoms with Crippen molar-refractivity contribution in [2.75, 3.05) is 6.61 Å². The van der Waals surface area contributed by atoms with Gasteiger partial charge >= 0.3 is 12.1 Å². The molecule has 7 heteroatoms. The lowest BCUT2D eigenvalue weighted by atomic mass is 9.98. The van der Waals surface area contributed by atoms with Crippen LogP contribution in [-0.4, -0.2) is 23.8 Å². The Morgan fingerprint density at radius 3 is 2.23 bits per heavy atom. The van der Waals surface area contributed by atoms with Crippen molar-refractivity contribution in [1.82, 2.24) is 5.32 Å². The maximum Gasteiger partial charge on any atom is 0.407 e. The van der Waals surface area contributed by atoms with Gasteiger partial charge in [0, 0.05) is 11.5 Å². The average molecular weight is 484 g/mol. The number of amides is 1. The molecule has 0 saturated carbocycles. The second-order valence-corrected chi connectivity index (χ2v) is 8.12. The van der Waals surface area contributed by atoms with Crippen molar-refractivity contribution in [3.05, 3.63) is 93.7 Å². The van der Waals surface area contributed by atoms with E-state index in [2.05, 4.69) is 21.2 Å². The summed E-state index contributed by atoms with van der Waals surface area (Å²) in [5.74, 6) is -1.91. The third-order valence-corrected chi connectivity index (χ3v) is 5.98. The molecule has 1 aliphatic carbocycles. The van der Waals surface area contributed by atoms with E-state index in [9.17, 15) is 19.1 Å². The Kier molecular flexibility index (Phi) is 6.04. The maximum absolute atomic E-state index is 14.5. The Morgan fingerprint density at radius 2 is 1.61 bits per heavy atom. The summed E-state index contributed by atoms with van der Waals surface area (Å²) in [6.07, 6.45) is -1.27. The number of carboxylic acids is 1. The number of carboxylic acid groups (broad SMARTS) is 1. The fourth-order valence-corrected chi connectivity index (χ4v) is 4.37. The number of carbonyl (C=O) groups excluding carboxylic acids is 1. The van der Waals surface area contributed by atoms with E-state index in [1.54, 1.807) is 6.07 Å². The zero-order valence-electron chi connectivity index (χ0n) is 16.3. The van der Waals surface area contributed by atoms with E-state index in [1.165, 1.54) is 12.1 Å². The molecule has 3 aromatic rings. The number of benzene rings is 3. The first-order valence-corrected chi connectivity index (χ1v) is 10.5. The number of hydrogen-bond donors (Lipinski definition) is 2. The fraction of sp³-hybridized carbons (Fsp3) is 0.167. The summed E-state index contributed by atoms with van der Waals surface area (Å²) in [7, 11) is 0. The van der Waals surface area contributed by atoms with Crippen LogP contribution in [0.2, 0.25) is 0 Å². The minimum atomic E-state index is -1.16. The summed E-state index contributed by atoms with van der Waals surface area (Å²) in [5.41, 5.74) is 4.41. The number of rotatable bonds is 6. The van der Waals surface area contributed by atoms with Gasteiger partial charge in [0.25, 0.3) is 0 Å². The molecule has 0 saturated heterocycles. The van der Waals surface area contributed by atoms with Crippen LogP contribution in [0.5, 0.6) is 0 Å². The van der Waals surface area contributed by atoms with Gasteiger partial charge in [0.2, 0.25) is 0 Å². The number of carbonyl (C=O) groups is 2. The average Bonchev–Trinajstić information content (AvgIpc) is 3.07. The summed E-state index contributed by atoms with van der Waals surface area (Å²) >= 11 is 3.09. The van der Waals surface area contributed by atoms with Gasteiger partial charge in [-0.1, -0.05) is 60.7 Å². The van der Waals surface area contributed by atoms with Gasteiger partial charge in [0.1, 0.15) is 12.4 Å². The topological polar surface area (TPSA) is 75.6 Å². The van der Waals surface area contributed by atoms with Gasteiger partial charge in [-0.05, 0) is 44.3 Å². The first-order chi connectivity index (χ1) is 15.0. The van der Waals surface area contributed by atoms with Gasteiger partial charge in [-0.3, -0.25) is 4.79 Å². The molecule has 1 amide bonds. The number of nitrogens with one attached hydrogen (secondary N) is 1. The Labute approximate surface area is 187 Å². The minimum absolute atomic E-state index is 0.0743. The van der Waals surface area contributed by atoms with Crippen LogP contribution >= 0.6 is 15.9 Å². The smallest absolute Gasteiger partial charge is 0.407 e. The third kappa shape index (κ3) is 4.32. The van der Waals surface area contributed by atoms with Crippen LogP contribution < -0.4 is 5.32 Å². The van der Waals surface area contributed by atoms with Crippen molar-refractivity contribution in [1.29, 1.82) is 0 Å². The van der Waals surface area contributed by atoms with E-state index < -0.39 is 30.3 Å². The van der Waals surface area contributed by atoms with Crippen molar-refractivity contribution >= 4 is 28.0 Å². The Morgan fingerprint density at radius 1 is 1.00 bits per heavy atom. The van der Waals surface area contributed by atoms with E-state index in [0.717, 1.165) is 22.3 Å². The highest BCUT2D eigenvalue weighted by Crippen LogP contribution is 2.44. The van der Waals surface area contributed by atoms with Crippen LogP contribution in [0.3, 0.4) is 0 Å². The molecular weight excluding hydrogens is 465 g/mol. The normalized spacial score (nSPS) is 13.2. The molecule has 2 N–H and O–H groups in total. The molecule has 0 aliphatic heterocycles. The van der Waals surface area contributed by atoms with Gasteiger partial charge in [-0.2, -0.15) is 0 Å². The van der Waals surface area contributed by atoms with Crippen LogP contribution in [-0.2, 0) is 9.53 Å². The van der Waals surface area contributed by atoms with E-state index in [4.69, 9.17) is 4.74 Å². The Hall–Kier alpha value is -3.19. The molecule has 0 unspecified atom stereocenters. The zero-order chi connectivity index (χ0) is 22.0. The van der Waals surface area contributed by atoms with Crippen LogP contribution in [0.15, 0.2) is 71.2 Å². The molecule has 5 nitrogen and oxygen atoms in total. The van der Waals surface area contributed by atoms with Gasteiger partial charge in [-0.25, -0.2) is 9.18 Å². The highest BCUT2D eigenvalue weighted by atomic mass is 79.9. The zero-order valence-corrected chi connectivity index (χ0v) is 17.9. The summed E-state index contributed by atoms with van der Waals surface area (Å²) < 4.78 is 20.1. The lowest BCUT2D eigenvalue weighted by molar-refractivity contribution is -0.137. The summed E-state index contributed by atoms with van der Waals surface area (Å²) in [6.45, 7) is 0.0839. The molecule has 0 heterocycles. The highest BCUT2D eigenvalue weighted by molar-refractivity contribution is 9.10. The van der Waals surface area contributed by atoms with Crippen LogP contribution in [0.1, 0.15) is 35.1 Å². The summed E-state index contributed by atoms with van der Waals surface area (Å²) in [6, 6.07) is 19.4.